The molecule has 1 aromatic heterocycles. The van der Waals surface area contributed by atoms with Crippen LogP contribution in [0.2, 0.25) is 0 Å². The van der Waals surface area contributed by atoms with Gasteiger partial charge in [0.15, 0.2) is 5.82 Å². The topological polar surface area (TPSA) is 61.9 Å². The number of piperidine rings is 1. The van der Waals surface area contributed by atoms with Crippen LogP contribution < -0.4 is 0 Å². The number of likely N-dealkylation sites (tertiary alicyclic amines) is 1. The van der Waals surface area contributed by atoms with E-state index >= 15 is 0 Å². The fourth-order valence-corrected chi connectivity index (χ4v) is 2.65. The van der Waals surface area contributed by atoms with Gasteiger partial charge in [0.05, 0.1) is 0 Å². The zero-order valence-electron chi connectivity index (χ0n) is 10.9. The Morgan fingerprint density at radius 1 is 1.39 bits per heavy atom. The molecule has 18 heavy (non-hydrogen) atoms. The SMILES string of the molecule is CCC(=O)N1CCCC(c2n[nH]c(C3CC3)n2)C1. The quantitative estimate of drug-likeness (QED) is 0.887. The summed E-state index contributed by atoms with van der Waals surface area (Å²) in [5, 5.41) is 7.41. The van der Waals surface area contributed by atoms with Crippen LogP contribution in [0.15, 0.2) is 0 Å². The molecule has 0 aromatic carbocycles. The molecule has 5 heteroatoms. The van der Waals surface area contributed by atoms with E-state index in [2.05, 4.69) is 15.2 Å². The number of amides is 1. The first-order valence-corrected chi connectivity index (χ1v) is 6.98. The number of carbonyl (C=O) groups is 1. The number of nitrogens with one attached hydrogen (secondary N) is 1. The average molecular weight is 248 g/mol. The molecule has 1 aliphatic heterocycles. The van der Waals surface area contributed by atoms with E-state index in [0.717, 1.165) is 37.6 Å². The van der Waals surface area contributed by atoms with Gasteiger partial charge in [-0.25, -0.2) is 4.98 Å². The highest BCUT2D eigenvalue weighted by molar-refractivity contribution is 5.75. The second kappa shape index (κ2) is 4.71. The molecule has 2 fully saturated rings. The Hall–Kier alpha value is -1.39. The van der Waals surface area contributed by atoms with Gasteiger partial charge in [0.2, 0.25) is 5.91 Å². The van der Waals surface area contributed by atoms with Crippen molar-refractivity contribution in [3.63, 3.8) is 0 Å². The molecule has 1 amide bonds. The first-order valence-electron chi connectivity index (χ1n) is 6.98. The van der Waals surface area contributed by atoms with Crippen LogP contribution in [0.5, 0.6) is 0 Å². The number of hydrogen-bond donors (Lipinski definition) is 1. The second-order valence-corrected chi connectivity index (χ2v) is 5.39. The minimum absolute atomic E-state index is 0.248. The van der Waals surface area contributed by atoms with Gasteiger partial charge in [-0.15, -0.1) is 0 Å². The third kappa shape index (κ3) is 2.26. The minimum atomic E-state index is 0.248. The monoisotopic (exact) mass is 248 g/mol. The first kappa shape index (κ1) is 11.7. The van der Waals surface area contributed by atoms with Gasteiger partial charge < -0.3 is 4.90 Å². The fraction of sp³-hybridized carbons (Fsp3) is 0.769. The summed E-state index contributed by atoms with van der Waals surface area (Å²) in [5.74, 6) is 3.13. The smallest absolute Gasteiger partial charge is 0.222 e. The van der Waals surface area contributed by atoms with Gasteiger partial charge in [0.25, 0.3) is 0 Å². The van der Waals surface area contributed by atoms with Crippen molar-refractivity contribution in [2.24, 2.45) is 0 Å². The lowest BCUT2D eigenvalue weighted by atomic mass is 9.97. The van der Waals surface area contributed by atoms with E-state index in [9.17, 15) is 4.79 Å². The number of hydrogen-bond acceptors (Lipinski definition) is 3. The zero-order chi connectivity index (χ0) is 12.5. The molecule has 2 aliphatic rings. The van der Waals surface area contributed by atoms with Crippen LogP contribution in [0.3, 0.4) is 0 Å². The van der Waals surface area contributed by atoms with Gasteiger partial charge in [-0.3, -0.25) is 9.89 Å². The van der Waals surface area contributed by atoms with Crippen molar-refractivity contribution in [3.8, 4) is 0 Å². The number of aromatic nitrogens is 3. The summed E-state index contributed by atoms with van der Waals surface area (Å²) in [5.41, 5.74) is 0. The first-order chi connectivity index (χ1) is 8.78. The van der Waals surface area contributed by atoms with Crippen LogP contribution in [-0.2, 0) is 4.79 Å². The van der Waals surface area contributed by atoms with Crippen molar-refractivity contribution < 1.29 is 4.79 Å². The van der Waals surface area contributed by atoms with Crippen molar-refractivity contribution in [2.75, 3.05) is 13.1 Å². The summed E-state index contributed by atoms with van der Waals surface area (Å²) in [6.45, 7) is 3.60. The second-order valence-electron chi connectivity index (χ2n) is 5.39. The molecule has 1 atom stereocenters. The number of nitrogens with zero attached hydrogens (tertiary/aromatic N) is 3. The fourth-order valence-electron chi connectivity index (χ4n) is 2.65. The predicted molar refractivity (Wildman–Crippen MR) is 67.2 cm³/mol. The molecule has 1 saturated heterocycles. The van der Waals surface area contributed by atoms with Gasteiger partial charge in [-0.1, -0.05) is 6.92 Å². The maximum Gasteiger partial charge on any atom is 0.222 e. The van der Waals surface area contributed by atoms with Gasteiger partial charge in [-0.2, -0.15) is 5.10 Å². The van der Waals surface area contributed by atoms with Crippen LogP contribution in [-0.4, -0.2) is 39.1 Å². The largest absolute Gasteiger partial charge is 0.342 e. The molecule has 0 spiro atoms. The molecule has 1 aromatic rings. The minimum Gasteiger partial charge on any atom is -0.342 e. The Labute approximate surface area is 107 Å². The average Bonchev–Trinajstić information content (AvgIpc) is 3.15. The summed E-state index contributed by atoms with van der Waals surface area (Å²) >= 11 is 0. The maximum absolute atomic E-state index is 11.7. The molecule has 1 saturated carbocycles. The van der Waals surface area contributed by atoms with Crippen molar-refractivity contribution in [1.82, 2.24) is 20.1 Å². The van der Waals surface area contributed by atoms with E-state index in [-0.39, 0.29) is 5.91 Å². The van der Waals surface area contributed by atoms with Crippen LogP contribution >= 0.6 is 0 Å². The standard InChI is InChI=1S/C13H20N4O/c1-2-11(18)17-7-3-4-10(8-17)13-14-12(15-16-13)9-5-6-9/h9-10H,2-8H2,1H3,(H,14,15,16). The lowest BCUT2D eigenvalue weighted by Gasteiger charge is -2.31. The Balaban J connectivity index is 1.68. The Morgan fingerprint density at radius 3 is 2.94 bits per heavy atom. The third-order valence-electron chi connectivity index (χ3n) is 3.93. The predicted octanol–water partition coefficient (Wildman–Crippen LogP) is 1.80. The lowest BCUT2D eigenvalue weighted by Crippen LogP contribution is -2.39. The molecule has 1 N–H and O–H groups in total. The zero-order valence-corrected chi connectivity index (χ0v) is 10.9. The molecule has 5 nitrogen and oxygen atoms in total. The maximum atomic E-state index is 11.7. The van der Waals surface area contributed by atoms with Crippen molar-refractivity contribution in [2.45, 2.75) is 50.9 Å². The molecule has 0 radical (unpaired) electrons. The summed E-state index contributed by atoms with van der Waals surface area (Å²) in [7, 11) is 0. The van der Waals surface area contributed by atoms with Crippen molar-refractivity contribution >= 4 is 5.91 Å². The molecule has 1 unspecified atom stereocenters. The van der Waals surface area contributed by atoms with Crippen LogP contribution in [0, 0.1) is 0 Å². The van der Waals surface area contributed by atoms with E-state index in [0.29, 0.717) is 18.3 Å². The number of aromatic amines is 1. The molecule has 98 valence electrons. The van der Waals surface area contributed by atoms with Gasteiger partial charge >= 0.3 is 0 Å². The van der Waals surface area contributed by atoms with Gasteiger partial charge in [0, 0.05) is 31.3 Å². The molecule has 2 heterocycles. The summed E-state index contributed by atoms with van der Waals surface area (Å²) in [6, 6.07) is 0. The third-order valence-corrected chi connectivity index (χ3v) is 3.93. The highest BCUT2D eigenvalue weighted by Gasteiger charge is 2.30. The van der Waals surface area contributed by atoms with E-state index < -0.39 is 0 Å². The number of rotatable bonds is 3. The number of carbonyl (C=O) groups excluding carboxylic acids is 1. The molecule has 1 aliphatic carbocycles. The van der Waals surface area contributed by atoms with Crippen LogP contribution in [0.25, 0.3) is 0 Å². The van der Waals surface area contributed by atoms with E-state index in [1.165, 1.54) is 12.8 Å². The highest BCUT2D eigenvalue weighted by atomic mass is 16.2. The van der Waals surface area contributed by atoms with Gasteiger partial charge in [0.1, 0.15) is 5.82 Å². The molecular formula is C13H20N4O. The Bertz CT molecular complexity index is 438. The van der Waals surface area contributed by atoms with Crippen molar-refractivity contribution in [3.05, 3.63) is 11.6 Å². The lowest BCUT2D eigenvalue weighted by molar-refractivity contribution is -0.132. The van der Waals surface area contributed by atoms with Crippen LogP contribution in [0.4, 0.5) is 0 Å². The molecule has 0 bridgehead atoms. The molecular weight excluding hydrogens is 228 g/mol. The summed E-state index contributed by atoms with van der Waals surface area (Å²) in [4.78, 5) is 18.3. The summed E-state index contributed by atoms with van der Waals surface area (Å²) < 4.78 is 0. The van der Waals surface area contributed by atoms with Crippen molar-refractivity contribution in [1.29, 1.82) is 0 Å². The number of H-pyrrole nitrogens is 1. The van der Waals surface area contributed by atoms with Gasteiger partial charge in [-0.05, 0) is 25.7 Å². The summed E-state index contributed by atoms with van der Waals surface area (Å²) in [6.07, 6.45) is 5.21. The van der Waals surface area contributed by atoms with E-state index in [1.54, 1.807) is 0 Å². The van der Waals surface area contributed by atoms with E-state index in [4.69, 9.17) is 0 Å². The Kier molecular flexibility index (Phi) is 3.06. The van der Waals surface area contributed by atoms with E-state index in [1.807, 2.05) is 11.8 Å². The Morgan fingerprint density at radius 2 is 2.22 bits per heavy atom. The van der Waals surface area contributed by atoms with Crippen LogP contribution in [0.1, 0.15) is 62.5 Å². The molecule has 3 rings (SSSR count). The normalized spacial score (nSPS) is 24.3. The highest BCUT2D eigenvalue weighted by Crippen LogP contribution is 2.38.